The molecule has 0 spiro atoms. The van der Waals surface area contributed by atoms with Crippen molar-refractivity contribution in [2.24, 2.45) is 16.7 Å². The first kappa shape index (κ1) is 8.03. The normalized spacial score (nSPS) is 44.1. The van der Waals surface area contributed by atoms with E-state index >= 15 is 0 Å². The Hall–Kier alpha value is -0.590. The van der Waals surface area contributed by atoms with Gasteiger partial charge in [-0.3, -0.25) is 4.79 Å². The molecular formula is C11H16O. The number of Topliss-reactive ketones (excluding diaryl/α,β-unsaturated/α-hetero) is 1. The summed E-state index contributed by atoms with van der Waals surface area (Å²) in [5.41, 5.74) is 1.35. The largest absolute Gasteiger partial charge is 0.299 e. The maximum Gasteiger partial charge on any atom is 0.140 e. The van der Waals surface area contributed by atoms with Gasteiger partial charge in [0.05, 0.1) is 0 Å². The van der Waals surface area contributed by atoms with Gasteiger partial charge in [0, 0.05) is 11.8 Å². The summed E-state index contributed by atoms with van der Waals surface area (Å²) in [6.45, 7) is 10.6. The van der Waals surface area contributed by atoms with Crippen molar-refractivity contribution in [1.29, 1.82) is 0 Å². The summed E-state index contributed by atoms with van der Waals surface area (Å²) in [5, 5.41) is 0. The first-order valence-corrected chi connectivity index (χ1v) is 4.60. The topological polar surface area (TPSA) is 17.1 Å². The van der Waals surface area contributed by atoms with E-state index in [1.807, 2.05) is 0 Å². The van der Waals surface area contributed by atoms with Crippen LogP contribution in [0.3, 0.4) is 0 Å². The molecule has 0 N–H and O–H groups in total. The molecule has 2 rings (SSSR count). The zero-order chi connectivity index (χ0) is 9.15. The molecule has 2 atom stereocenters. The van der Waals surface area contributed by atoms with Crippen LogP contribution in [-0.2, 0) is 4.79 Å². The van der Waals surface area contributed by atoms with E-state index in [-0.39, 0.29) is 10.8 Å². The molecule has 1 nitrogen and oxygen atoms in total. The second-order valence-electron chi connectivity index (χ2n) is 5.07. The lowest BCUT2D eigenvalue weighted by Gasteiger charge is -2.31. The fourth-order valence-electron chi connectivity index (χ4n) is 2.97. The highest BCUT2D eigenvalue weighted by atomic mass is 16.1. The Morgan fingerprint density at radius 1 is 1.42 bits per heavy atom. The van der Waals surface area contributed by atoms with Crippen LogP contribution in [0.25, 0.3) is 0 Å². The predicted molar refractivity (Wildman–Crippen MR) is 48.8 cm³/mol. The van der Waals surface area contributed by atoms with Gasteiger partial charge in [0.15, 0.2) is 0 Å². The average molecular weight is 164 g/mol. The lowest BCUT2D eigenvalue weighted by molar-refractivity contribution is -0.127. The highest BCUT2D eigenvalue weighted by molar-refractivity contribution is 5.90. The molecule has 0 heterocycles. The van der Waals surface area contributed by atoms with Crippen LogP contribution in [-0.4, -0.2) is 5.78 Å². The van der Waals surface area contributed by atoms with Crippen molar-refractivity contribution in [1.82, 2.24) is 0 Å². The summed E-state index contributed by atoms with van der Waals surface area (Å²) in [5.74, 6) is 0.903. The van der Waals surface area contributed by atoms with Crippen molar-refractivity contribution >= 4 is 5.78 Å². The molecule has 2 bridgehead atoms. The van der Waals surface area contributed by atoms with Gasteiger partial charge in [0.1, 0.15) is 5.78 Å². The Balaban J connectivity index is 2.54. The molecule has 2 aliphatic rings. The van der Waals surface area contributed by atoms with Crippen LogP contribution in [0.2, 0.25) is 0 Å². The summed E-state index contributed by atoms with van der Waals surface area (Å²) >= 11 is 0. The summed E-state index contributed by atoms with van der Waals surface area (Å²) in [4.78, 5) is 11.7. The predicted octanol–water partition coefficient (Wildman–Crippen LogP) is 2.57. The van der Waals surface area contributed by atoms with Gasteiger partial charge in [-0.25, -0.2) is 0 Å². The van der Waals surface area contributed by atoms with Crippen LogP contribution in [0.5, 0.6) is 0 Å². The van der Waals surface area contributed by atoms with Crippen molar-refractivity contribution < 1.29 is 4.79 Å². The fraction of sp³-hybridized carbons (Fsp3) is 0.727. The lowest BCUT2D eigenvalue weighted by atomic mass is 9.70. The quantitative estimate of drug-likeness (QED) is 0.503. The molecule has 66 valence electrons. The summed E-state index contributed by atoms with van der Waals surface area (Å²) in [6, 6.07) is 0. The van der Waals surface area contributed by atoms with Crippen LogP contribution >= 0.6 is 0 Å². The second kappa shape index (κ2) is 1.84. The first-order valence-electron chi connectivity index (χ1n) is 4.60. The van der Waals surface area contributed by atoms with Crippen molar-refractivity contribution in [2.75, 3.05) is 0 Å². The molecule has 0 amide bonds. The molecule has 0 aromatic heterocycles. The van der Waals surface area contributed by atoms with Crippen LogP contribution in [0.15, 0.2) is 12.2 Å². The van der Waals surface area contributed by atoms with Crippen molar-refractivity contribution in [2.45, 2.75) is 33.6 Å². The second-order valence-corrected chi connectivity index (χ2v) is 5.07. The highest BCUT2D eigenvalue weighted by Crippen LogP contribution is 2.65. The van der Waals surface area contributed by atoms with Gasteiger partial charge in [0.25, 0.3) is 0 Å². The maximum absolute atomic E-state index is 11.7. The van der Waals surface area contributed by atoms with Gasteiger partial charge in [-0.15, -0.1) is 0 Å². The van der Waals surface area contributed by atoms with Crippen LogP contribution in [0.4, 0.5) is 0 Å². The number of hydrogen-bond acceptors (Lipinski definition) is 1. The summed E-state index contributed by atoms with van der Waals surface area (Å²) < 4.78 is 0. The van der Waals surface area contributed by atoms with Gasteiger partial charge in [-0.1, -0.05) is 32.9 Å². The molecule has 0 aromatic carbocycles. The van der Waals surface area contributed by atoms with E-state index in [9.17, 15) is 4.79 Å². The number of rotatable bonds is 0. The number of allylic oxidation sites excluding steroid dienone is 1. The minimum Gasteiger partial charge on any atom is -0.299 e. The Kier molecular flexibility index (Phi) is 1.23. The van der Waals surface area contributed by atoms with Crippen molar-refractivity contribution in [3.63, 3.8) is 0 Å². The van der Waals surface area contributed by atoms with Crippen LogP contribution in [0.1, 0.15) is 33.6 Å². The maximum atomic E-state index is 11.7. The highest BCUT2D eigenvalue weighted by Gasteiger charge is 2.62. The standard InChI is InChI=1S/C11H16O/c1-7-6-11(4)9(12)5-8(7)10(11,2)3/h8H,1,5-6H2,2-4H3. The molecule has 2 saturated carbocycles. The summed E-state index contributed by atoms with van der Waals surface area (Å²) in [7, 11) is 0. The van der Waals surface area contributed by atoms with E-state index in [0.717, 1.165) is 12.8 Å². The third-order valence-electron chi connectivity index (χ3n) is 4.37. The van der Waals surface area contributed by atoms with Crippen molar-refractivity contribution in [3.05, 3.63) is 12.2 Å². The molecule has 12 heavy (non-hydrogen) atoms. The number of carbonyl (C=O) groups is 1. The van der Waals surface area contributed by atoms with E-state index in [4.69, 9.17) is 0 Å². The molecule has 0 saturated heterocycles. The van der Waals surface area contributed by atoms with Gasteiger partial charge in [0.2, 0.25) is 0 Å². The third-order valence-corrected chi connectivity index (χ3v) is 4.37. The van der Waals surface area contributed by atoms with Gasteiger partial charge in [-0.2, -0.15) is 0 Å². The average Bonchev–Trinajstić information content (AvgIpc) is 2.18. The van der Waals surface area contributed by atoms with Crippen LogP contribution in [0, 0.1) is 16.7 Å². The molecule has 0 aliphatic heterocycles. The molecule has 0 radical (unpaired) electrons. The Bertz CT molecular complexity index is 275. The first-order chi connectivity index (χ1) is 5.39. The Morgan fingerprint density at radius 2 is 2.00 bits per heavy atom. The minimum atomic E-state index is -0.102. The SMILES string of the molecule is C=C1CC2(C)C(=O)CC1C2(C)C. The lowest BCUT2D eigenvalue weighted by Crippen LogP contribution is -2.32. The van der Waals surface area contributed by atoms with E-state index in [1.165, 1.54) is 5.57 Å². The minimum absolute atomic E-state index is 0.102. The third kappa shape index (κ3) is 0.596. The molecule has 1 heteroatoms. The number of carbonyl (C=O) groups excluding carboxylic acids is 1. The number of fused-ring (bicyclic) bond motifs is 2. The molecule has 2 aliphatic carbocycles. The molecule has 2 unspecified atom stereocenters. The van der Waals surface area contributed by atoms with E-state index < -0.39 is 0 Å². The smallest absolute Gasteiger partial charge is 0.140 e. The molecular weight excluding hydrogens is 148 g/mol. The van der Waals surface area contributed by atoms with Gasteiger partial charge >= 0.3 is 0 Å². The van der Waals surface area contributed by atoms with Gasteiger partial charge in [-0.05, 0) is 17.8 Å². The van der Waals surface area contributed by atoms with E-state index in [2.05, 4.69) is 27.4 Å². The van der Waals surface area contributed by atoms with Crippen molar-refractivity contribution in [3.8, 4) is 0 Å². The Morgan fingerprint density at radius 3 is 2.25 bits per heavy atom. The van der Waals surface area contributed by atoms with E-state index in [0.29, 0.717) is 11.7 Å². The fourth-order valence-corrected chi connectivity index (χ4v) is 2.97. The van der Waals surface area contributed by atoms with Gasteiger partial charge < -0.3 is 0 Å². The molecule has 2 fully saturated rings. The molecule has 0 aromatic rings. The monoisotopic (exact) mass is 164 g/mol. The Labute approximate surface area is 73.8 Å². The zero-order valence-corrected chi connectivity index (χ0v) is 8.11. The van der Waals surface area contributed by atoms with Crippen LogP contribution < -0.4 is 0 Å². The zero-order valence-electron chi connectivity index (χ0n) is 8.11. The summed E-state index contributed by atoms with van der Waals surface area (Å²) in [6.07, 6.45) is 1.66. The van der Waals surface area contributed by atoms with E-state index in [1.54, 1.807) is 0 Å². The number of ketones is 1. The number of hydrogen-bond donors (Lipinski definition) is 0.